The summed E-state index contributed by atoms with van der Waals surface area (Å²) in [6.45, 7) is 12.0. The van der Waals surface area contributed by atoms with Crippen LogP contribution in [-0.4, -0.2) is 49.1 Å². The molecule has 0 aromatic rings. The summed E-state index contributed by atoms with van der Waals surface area (Å²) in [6.07, 6.45) is 8.85. The van der Waals surface area contributed by atoms with Gasteiger partial charge in [-0.15, -0.1) is 0 Å². The zero-order chi connectivity index (χ0) is 15.9. The van der Waals surface area contributed by atoms with E-state index in [-0.39, 0.29) is 0 Å². The molecular weight excluding hydrogens is 276 g/mol. The van der Waals surface area contributed by atoms with E-state index in [9.17, 15) is 0 Å². The number of thioether (sulfide) groups is 1. The second-order valence-electron chi connectivity index (χ2n) is 7.80. The molecule has 1 aliphatic carbocycles. The van der Waals surface area contributed by atoms with Gasteiger partial charge >= 0.3 is 0 Å². The second-order valence-corrected chi connectivity index (χ2v) is 8.78. The lowest BCUT2D eigenvalue weighted by molar-refractivity contribution is 0.0961. The smallest absolute Gasteiger partial charge is 0.0108 e. The Morgan fingerprint density at radius 3 is 2.71 bits per heavy atom. The van der Waals surface area contributed by atoms with Crippen LogP contribution in [-0.2, 0) is 0 Å². The number of hydrogen-bond acceptors (Lipinski definition) is 3. The maximum atomic E-state index is 3.82. The van der Waals surface area contributed by atoms with Crippen molar-refractivity contribution in [1.29, 1.82) is 0 Å². The van der Waals surface area contributed by atoms with Crippen molar-refractivity contribution in [1.82, 2.24) is 10.2 Å². The first-order valence-corrected chi connectivity index (χ1v) is 10.2. The van der Waals surface area contributed by atoms with Crippen molar-refractivity contribution >= 4 is 11.8 Å². The van der Waals surface area contributed by atoms with Crippen molar-refractivity contribution in [2.75, 3.05) is 32.1 Å². The second kappa shape index (κ2) is 9.42. The highest BCUT2D eigenvalue weighted by Crippen LogP contribution is 2.39. The third-order valence-electron chi connectivity index (χ3n) is 5.19. The summed E-state index contributed by atoms with van der Waals surface area (Å²) >= 11 is 1.97. The van der Waals surface area contributed by atoms with E-state index in [1.165, 1.54) is 50.9 Å². The Hall–Kier alpha value is 0.270. The molecule has 1 N–H and O–H groups in total. The molecular formula is C18H38N2S. The van der Waals surface area contributed by atoms with Crippen LogP contribution in [0.2, 0.25) is 0 Å². The van der Waals surface area contributed by atoms with Gasteiger partial charge in [0.2, 0.25) is 0 Å². The summed E-state index contributed by atoms with van der Waals surface area (Å²) in [4.78, 5) is 2.60. The molecule has 0 aromatic carbocycles. The van der Waals surface area contributed by atoms with Crippen LogP contribution in [0.1, 0.15) is 59.8 Å². The Kier molecular flexibility index (Phi) is 8.66. The standard InChI is InChI=1S/C18H38N2S/c1-7-11-19-17-8-10-18(3,4)13-16(17)14-20(5)15(2)9-12-21-6/h15-17,19H,7-14H2,1-6H3. The molecule has 1 aliphatic rings. The van der Waals surface area contributed by atoms with Gasteiger partial charge in [0.05, 0.1) is 0 Å². The molecule has 1 rings (SSSR count). The Balaban J connectivity index is 2.55. The summed E-state index contributed by atoms with van der Waals surface area (Å²) in [5.74, 6) is 2.08. The molecule has 126 valence electrons. The molecule has 21 heavy (non-hydrogen) atoms. The van der Waals surface area contributed by atoms with Crippen molar-refractivity contribution in [2.24, 2.45) is 11.3 Å². The minimum Gasteiger partial charge on any atom is -0.314 e. The van der Waals surface area contributed by atoms with Crippen molar-refractivity contribution in [2.45, 2.75) is 71.9 Å². The Morgan fingerprint density at radius 1 is 1.38 bits per heavy atom. The van der Waals surface area contributed by atoms with Crippen LogP contribution < -0.4 is 5.32 Å². The molecule has 1 saturated carbocycles. The van der Waals surface area contributed by atoms with Crippen molar-refractivity contribution in [3.05, 3.63) is 0 Å². The quantitative estimate of drug-likeness (QED) is 0.685. The fourth-order valence-electron chi connectivity index (χ4n) is 3.58. The fraction of sp³-hybridized carbons (Fsp3) is 1.00. The summed E-state index contributed by atoms with van der Waals surface area (Å²) < 4.78 is 0. The minimum absolute atomic E-state index is 0.526. The van der Waals surface area contributed by atoms with Gasteiger partial charge in [-0.1, -0.05) is 20.8 Å². The molecule has 0 heterocycles. The predicted octanol–water partition coefficient (Wildman–Crippen LogP) is 4.25. The van der Waals surface area contributed by atoms with Crippen molar-refractivity contribution in [3.63, 3.8) is 0 Å². The molecule has 0 saturated heterocycles. The van der Waals surface area contributed by atoms with Crippen LogP contribution in [0.4, 0.5) is 0 Å². The first-order valence-electron chi connectivity index (χ1n) is 8.82. The largest absolute Gasteiger partial charge is 0.314 e. The summed E-state index contributed by atoms with van der Waals surface area (Å²) in [5, 5.41) is 3.82. The van der Waals surface area contributed by atoms with E-state index in [1.54, 1.807) is 0 Å². The van der Waals surface area contributed by atoms with Crippen LogP contribution in [0, 0.1) is 11.3 Å². The fourth-order valence-corrected chi connectivity index (χ4v) is 4.16. The molecule has 0 radical (unpaired) electrons. The van der Waals surface area contributed by atoms with Crippen molar-refractivity contribution < 1.29 is 0 Å². The molecule has 0 aromatic heterocycles. The highest BCUT2D eigenvalue weighted by Gasteiger charge is 2.35. The van der Waals surface area contributed by atoms with Crippen LogP contribution in [0.15, 0.2) is 0 Å². The van der Waals surface area contributed by atoms with Gasteiger partial charge in [-0.25, -0.2) is 0 Å². The average Bonchev–Trinajstić information content (AvgIpc) is 2.43. The van der Waals surface area contributed by atoms with Gasteiger partial charge in [-0.3, -0.25) is 0 Å². The van der Waals surface area contributed by atoms with E-state index in [0.29, 0.717) is 11.5 Å². The van der Waals surface area contributed by atoms with Gasteiger partial charge in [0, 0.05) is 18.6 Å². The van der Waals surface area contributed by atoms with Gasteiger partial charge in [-0.05, 0) is 76.0 Å². The van der Waals surface area contributed by atoms with E-state index in [4.69, 9.17) is 0 Å². The Labute approximate surface area is 137 Å². The van der Waals surface area contributed by atoms with Gasteiger partial charge in [0.25, 0.3) is 0 Å². The van der Waals surface area contributed by atoms with Gasteiger partial charge < -0.3 is 10.2 Å². The minimum atomic E-state index is 0.526. The third kappa shape index (κ3) is 6.92. The molecule has 1 fully saturated rings. The first kappa shape index (κ1) is 19.3. The van der Waals surface area contributed by atoms with Crippen molar-refractivity contribution in [3.8, 4) is 0 Å². The number of hydrogen-bond donors (Lipinski definition) is 1. The lowest BCUT2D eigenvalue weighted by Crippen LogP contribution is -2.48. The van der Waals surface area contributed by atoms with Gasteiger partial charge in [0.1, 0.15) is 0 Å². The summed E-state index contributed by atoms with van der Waals surface area (Å²) in [5.41, 5.74) is 0.526. The van der Waals surface area contributed by atoms with E-state index < -0.39 is 0 Å². The molecule has 3 unspecified atom stereocenters. The normalized spacial score (nSPS) is 27.0. The summed E-state index contributed by atoms with van der Waals surface area (Å²) in [7, 11) is 2.32. The zero-order valence-corrected chi connectivity index (χ0v) is 16.1. The Bertz CT molecular complexity index is 280. The molecule has 0 bridgehead atoms. The highest BCUT2D eigenvalue weighted by atomic mass is 32.2. The monoisotopic (exact) mass is 314 g/mol. The zero-order valence-electron chi connectivity index (χ0n) is 15.2. The van der Waals surface area contributed by atoms with E-state index >= 15 is 0 Å². The van der Waals surface area contributed by atoms with E-state index in [1.807, 2.05) is 11.8 Å². The number of nitrogens with zero attached hydrogens (tertiary/aromatic N) is 1. The molecule has 0 spiro atoms. The van der Waals surface area contributed by atoms with E-state index in [2.05, 4.69) is 51.2 Å². The maximum Gasteiger partial charge on any atom is 0.0108 e. The van der Waals surface area contributed by atoms with Crippen LogP contribution in [0.3, 0.4) is 0 Å². The lowest BCUT2D eigenvalue weighted by atomic mass is 9.69. The van der Waals surface area contributed by atoms with Crippen LogP contribution in [0.5, 0.6) is 0 Å². The SMILES string of the molecule is CCCNC1CCC(C)(C)CC1CN(C)C(C)CCSC. The highest BCUT2D eigenvalue weighted by molar-refractivity contribution is 7.98. The third-order valence-corrected chi connectivity index (χ3v) is 5.83. The lowest BCUT2D eigenvalue weighted by Gasteiger charge is -2.43. The predicted molar refractivity (Wildman–Crippen MR) is 98.3 cm³/mol. The number of nitrogens with one attached hydrogen (secondary N) is 1. The molecule has 0 amide bonds. The Morgan fingerprint density at radius 2 is 2.10 bits per heavy atom. The molecule has 0 aliphatic heterocycles. The number of rotatable bonds is 9. The topological polar surface area (TPSA) is 15.3 Å². The molecule has 2 nitrogen and oxygen atoms in total. The maximum absolute atomic E-state index is 3.82. The van der Waals surface area contributed by atoms with Gasteiger partial charge in [0.15, 0.2) is 0 Å². The van der Waals surface area contributed by atoms with Gasteiger partial charge in [-0.2, -0.15) is 11.8 Å². The molecule has 3 heteroatoms. The van der Waals surface area contributed by atoms with Crippen LogP contribution >= 0.6 is 11.8 Å². The van der Waals surface area contributed by atoms with E-state index in [0.717, 1.165) is 12.0 Å². The first-order chi connectivity index (χ1) is 9.89. The molecule has 3 atom stereocenters. The average molecular weight is 315 g/mol. The van der Waals surface area contributed by atoms with Crippen LogP contribution in [0.25, 0.3) is 0 Å². The summed E-state index contributed by atoms with van der Waals surface area (Å²) in [6, 6.07) is 1.43.